The van der Waals surface area contributed by atoms with E-state index in [2.05, 4.69) is 6.92 Å². The molecule has 0 aromatic heterocycles. The fourth-order valence-electron chi connectivity index (χ4n) is 3.73. The molecule has 1 aliphatic heterocycles. The van der Waals surface area contributed by atoms with Crippen LogP contribution in [0.1, 0.15) is 46.0 Å². The van der Waals surface area contributed by atoms with Crippen LogP contribution in [0.5, 0.6) is 0 Å². The van der Waals surface area contributed by atoms with E-state index < -0.39 is 6.10 Å². The van der Waals surface area contributed by atoms with Gasteiger partial charge in [-0.15, -0.1) is 0 Å². The molecule has 1 heterocycles. The summed E-state index contributed by atoms with van der Waals surface area (Å²) in [6, 6.07) is 0. The van der Waals surface area contributed by atoms with Gasteiger partial charge in [-0.05, 0) is 31.1 Å². The van der Waals surface area contributed by atoms with Gasteiger partial charge in [-0.2, -0.15) is 0 Å². The zero-order valence-electron chi connectivity index (χ0n) is 13.0. The number of carbonyl (C=O) groups excluding carboxylic acids is 3. The minimum absolute atomic E-state index is 0.00541. The summed E-state index contributed by atoms with van der Waals surface area (Å²) in [7, 11) is 1.49. The molecule has 0 radical (unpaired) electrons. The van der Waals surface area contributed by atoms with Crippen LogP contribution in [-0.4, -0.2) is 40.8 Å². The molecule has 5 nitrogen and oxygen atoms in total. The Labute approximate surface area is 125 Å². The molecule has 5 heteroatoms. The van der Waals surface area contributed by atoms with Gasteiger partial charge in [-0.25, -0.2) is 0 Å². The van der Waals surface area contributed by atoms with Crippen LogP contribution in [0.15, 0.2) is 0 Å². The molecule has 0 aromatic rings. The van der Waals surface area contributed by atoms with Crippen LogP contribution in [-0.2, 0) is 14.4 Å². The molecule has 0 bridgehead atoms. The van der Waals surface area contributed by atoms with Gasteiger partial charge in [0.05, 0.1) is 6.10 Å². The molecule has 4 atom stereocenters. The number of ketones is 1. The summed E-state index contributed by atoms with van der Waals surface area (Å²) in [5, 5.41) is 10.4. The van der Waals surface area contributed by atoms with Gasteiger partial charge in [-0.3, -0.25) is 19.3 Å². The molecule has 21 heavy (non-hydrogen) atoms. The number of aliphatic hydroxyl groups excluding tert-OH is 1. The number of amides is 2. The summed E-state index contributed by atoms with van der Waals surface area (Å²) >= 11 is 0. The van der Waals surface area contributed by atoms with E-state index in [1.807, 2.05) is 6.92 Å². The summed E-state index contributed by atoms with van der Waals surface area (Å²) in [4.78, 5) is 36.8. The molecule has 1 N–H and O–H groups in total. The Morgan fingerprint density at radius 1 is 1.14 bits per heavy atom. The van der Waals surface area contributed by atoms with E-state index in [1.54, 1.807) is 0 Å². The van der Waals surface area contributed by atoms with Crippen molar-refractivity contribution in [1.29, 1.82) is 0 Å². The predicted molar refractivity (Wildman–Crippen MR) is 77.2 cm³/mol. The molecule has 0 spiro atoms. The third-order valence-corrected chi connectivity index (χ3v) is 4.98. The van der Waals surface area contributed by atoms with Crippen LogP contribution < -0.4 is 0 Å². The maximum absolute atomic E-state index is 12.2. The average Bonchev–Trinajstić information content (AvgIpc) is 2.39. The van der Waals surface area contributed by atoms with Crippen molar-refractivity contribution in [3.63, 3.8) is 0 Å². The first-order chi connectivity index (χ1) is 9.79. The lowest BCUT2D eigenvalue weighted by Gasteiger charge is -2.35. The highest BCUT2D eigenvalue weighted by atomic mass is 16.3. The minimum atomic E-state index is -0.739. The first kappa shape index (κ1) is 16.1. The van der Waals surface area contributed by atoms with E-state index >= 15 is 0 Å². The second-order valence-electron chi connectivity index (χ2n) is 6.91. The number of rotatable bonds is 3. The third-order valence-electron chi connectivity index (χ3n) is 4.98. The van der Waals surface area contributed by atoms with E-state index in [-0.39, 0.29) is 48.2 Å². The Bertz CT molecular complexity index is 430. The highest BCUT2D eigenvalue weighted by molar-refractivity contribution is 5.97. The SMILES string of the molecule is CC1CC(C)C(=O)C(C(O)CC2CC(=O)N(C)C(=O)C2)C1. The van der Waals surface area contributed by atoms with Crippen molar-refractivity contribution in [2.24, 2.45) is 23.7 Å². The molecule has 0 aromatic carbocycles. The van der Waals surface area contributed by atoms with Crippen LogP contribution in [0, 0.1) is 23.7 Å². The van der Waals surface area contributed by atoms with Crippen molar-refractivity contribution >= 4 is 17.6 Å². The molecule has 2 aliphatic rings. The molecule has 4 unspecified atom stereocenters. The standard InChI is InChI=1S/C16H25NO4/c1-9-4-10(2)16(21)12(5-9)13(18)6-11-7-14(19)17(3)15(20)8-11/h9-13,18H,4-8H2,1-3H3. The lowest BCUT2D eigenvalue weighted by molar-refractivity contribution is -0.148. The monoisotopic (exact) mass is 295 g/mol. The third kappa shape index (κ3) is 3.51. The van der Waals surface area contributed by atoms with Crippen molar-refractivity contribution in [2.45, 2.75) is 52.1 Å². The number of hydrogen-bond donors (Lipinski definition) is 1. The second kappa shape index (κ2) is 6.26. The molecule has 2 rings (SSSR count). The molecule has 2 fully saturated rings. The van der Waals surface area contributed by atoms with Crippen LogP contribution >= 0.6 is 0 Å². The van der Waals surface area contributed by atoms with E-state index in [0.717, 1.165) is 11.3 Å². The highest BCUT2D eigenvalue weighted by Crippen LogP contribution is 2.35. The average molecular weight is 295 g/mol. The molecule has 1 saturated heterocycles. The maximum atomic E-state index is 12.2. The normalized spacial score (nSPS) is 33.4. The van der Waals surface area contributed by atoms with Gasteiger partial charge in [0, 0.05) is 31.7 Å². The van der Waals surface area contributed by atoms with E-state index in [4.69, 9.17) is 0 Å². The van der Waals surface area contributed by atoms with E-state index in [1.165, 1.54) is 7.05 Å². The van der Waals surface area contributed by atoms with Crippen LogP contribution in [0.25, 0.3) is 0 Å². The summed E-state index contributed by atoms with van der Waals surface area (Å²) in [5.41, 5.74) is 0. The number of imide groups is 1. The van der Waals surface area contributed by atoms with Gasteiger partial charge in [0.1, 0.15) is 5.78 Å². The van der Waals surface area contributed by atoms with Gasteiger partial charge in [0.2, 0.25) is 11.8 Å². The number of nitrogens with zero attached hydrogens (tertiary/aromatic N) is 1. The lowest BCUT2D eigenvalue weighted by Crippen LogP contribution is -2.43. The molecule has 118 valence electrons. The van der Waals surface area contributed by atoms with Gasteiger partial charge >= 0.3 is 0 Å². The van der Waals surface area contributed by atoms with Gasteiger partial charge in [0.15, 0.2) is 0 Å². The number of aliphatic hydroxyl groups is 1. The Kier molecular flexibility index (Phi) is 4.81. The Morgan fingerprint density at radius 2 is 1.71 bits per heavy atom. The first-order valence-corrected chi connectivity index (χ1v) is 7.80. The molecular formula is C16H25NO4. The zero-order chi connectivity index (χ0) is 15.7. The minimum Gasteiger partial charge on any atom is -0.392 e. The molecule has 2 amide bonds. The Morgan fingerprint density at radius 3 is 2.29 bits per heavy atom. The summed E-state index contributed by atoms with van der Waals surface area (Å²) in [5.74, 6) is -0.316. The van der Waals surface area contributed by atoms with Crippen molar-refractivity contribution < 1.29 is 19.5 Å². The molecule has 1 saturated carbocycles. The van der Waals surface area contributed by atoms with Gasteiger partial charge in [-0.1, -0.05) is 13.8 Å². The number of carbonyl (C=O) groups is 3. The van der Waals surface area contributed by atoms with Crippen LogP contribution in [0.2, 0.25) is 0 Å². The summed E-state index contributed by atoms with van der Waals surface area (Å²) in [6.45, 7) is 4.02. The zero-order valence-corrected chi connectivity index (χ0v) is 13.0. The second-order valence-corrected chi connectivity index (χ2v) is 6.91. The fraction of sp³-hybridized carbons (Fsp3) is 0.812. The Hall–Kier alpha value is -1.23. The smallest absolute Gasteiger partial charge is 0.229 e. The van der Waals surface area contributed by atoms with Crippen molar-refractivity contribution in [3.05, 3.63) is 0 Å². The van der Waals surface area contributed by atoms with E-state index in [0.29, 0.717) is 18.8 Å². The largest absolute Gasteiger partial charge is 0.392 e. The number of likely N-dealkylation sites (tertiary alicyclic amines) is 1. The van der Waals surface area contributed by atoms with Gasteiger partial charge in [0.25, 0.3) is 0 Å². The Balaban J connectivity index is 1.97. The predicted octanol–water partition coefficient (Wildman–Crippen LogP) is 1.38. The number of piperidine rings is 1. The first-order valence-electron chi connectivity index (χ1n) is 7.80. The molecular weight excluding hydrogens is 270 g/mol. The maximum Gasteiger partial charge on any atom is 0.229 e. The van der Waals surface area contributed by atoms with Crippen molar-refractivity contribution in [1.82, 2.24) is 4.90 Å². The fourth-order valence-corrected chi connectivity index (χ4v) is 3.73. The number of hydrogen-bond acceptors (Lipinski definition) is 4. The highest BCUT2D eigenvalue weighted by Gasteiger charge is 2.39. The van der Waals surface area contributed by atoms with Gasteiger partial charge < -0.3 is 5.11 Å². The number of Topliss-reactive ketones (excluding diaryl/α,β-unsaturated/α-hetero) is 1. The van der Waals surface area contributed by atoms with Crippen molar-refractivity contribution in [2.75, 3.05) is 7.05 Å². The summed E-state index contributed by atoms with van der Waals surface area (Å²) in [6.07, 6.45) is 1.78. The molecule has 1 aliphatic carbocycles. The van der Waals surface area contributed by atoms with Crippen LogP contribution in [0.4, 0.5) is 0 Å². The topological polar surface area (TPSA) is 74.7 Å². The van der Waals surface area contributed by atoms with E-state index in [9.17, 15) is 19.5 Å². The van der Waals surface area contributed by atoms with Crippen molar-refractivity contribution in [3.8, 4) is 0 Å². The lowest BCUT2D eigenvalue weighted by atomic mass is 9.71. The summed E-state index contributed by atoms with van der Waals surface area (Å²) < 4.78 is 0. The van der Waals surface area contributed by atoms with Crippen LogP contribution in [0.3, 0.4) is 0 Å². The quantitative estimate of drug-likeness (QED) is 0.798.